The van der Waals surface area contributed by atoms with Crippen molar-refractivity contribution in [1.29, 1.82) is 0 Å². The number of carbonyl (C=O) groups excluding carboxylic acids is 1. The molecule has 0 aliphatic carbocycles. The van der Waals surface area contributed by atoms with Crippen LogP contribution in [0.4, 0.5) is 0 Å². The number of aromatic nitrogens is 2. The zero-order valence-corrected chi connectivity index (χ0v) is 13.7. The maximum atomic E-state index is 12.4. The summed E-state index contributed by atoms with van der Waals surface area (Å²) in [7, 11) is 1.62. The quantitative estimate of drug-likeness (QED) is 0.784. The van der Waals surface area contributed by atoms with Crippen molar-refractivity contribution in [3.05, 3.63) is 66.4 Å². The molecule has 24 heavy (non-hydrogen) atoms. The highest BCUT2D eigenvalue weighted by molar-refractivity contribution is 5.99. The van der Waals surface area contributed by atoms with Crippen molar-refractivity contribution in [3.8, 4) is 22.7 Å². The summed E-state index contributed by atoms with van der Waals surface area (Å²) in [5.41, 5.74) is 2.97. The molecular weight excluding hydrogens is 302 g/mol. The summed E-state index contributed by atoms with van der Waals surface area (Å²) in [6.07, 6.45) is 1.76. The van der Waals surface area contributed by atoms with Crippen molar-refractivity contribution < 1.29 is 9.53 Å². The van der Waals surface area contributed by atoms with Gasteiger partial charge in [0.05, 0.1) is 18.4 Å². The van der Waals surface area contributed by atoms with E-state index in [1.54, 1.807) is 18.0 Å². The molecular formula is C19H19N3O2. The zero-order valence-electron chi connectivity index (χ0n) is 13.7. The van der Waals surface area contributed by atoms with Crippen LogP contribution in [0, 0.1) is 0 Å². The molecule has 0 fully saturated rings. The van der Waals surface area contributed by atoms with Crippen LogP contribution in [0.1, 0.15) is 17.3 Å². The van der Waals surface area contributed by atoms with Crippen molar-refractivity contribution in [2.24, 2.45) is 0 Å². The smallest absolute Gasteiger partial charge is 0.255 e. The molecule has 1 amide bonds. The molecule has 1 heterocycles. The van der Waals surface area contributed by atoms with Gasteiger partial charge in [0.25, 0.3) is 5.91 Å². The number of nitrogens with one attached hydrogen (secondary N) is 1. The third-order valence-corrected chi connectivity index (χ3v) is 3.68. The number of hydrogen-bond donors (Lipinski definition) is 1. The monoisotopic (exact) mass is 321 g/mol. The second-order valence-corrected chi connectivity index (χ2v) is 5.26. The molecule has 5 heteroatoms. The Morgan fingerprint density at radius 1 is 1.12 bits per heavy atom. The van der Waals surface area contributed by atoms with E-state index in [-0.39, 0.29) is 5.91 Å². The van der Waals surface area contributed by atoms with Crippen LogP contribution in [0.2, 0.25) is 0 Å². The Morgan fingerprint density at radius 3 is 2.46 bits per heavy atom. The first-order chi connectivity index (χ1) is 11.7. The molecule has 0 bridgehead atoms. The summed E-state index contributed by atoms with van der Waals surface area (Å²) in [6, 6.07) is 17.3. The SMILES string of the molecule is CCNC(=O)c1cn(-c2ccccc2)nc1-c1ccc(OC)cc1. The van der Waals surface area contributed by atoms with E-state index < -0.39 is 0 Å². The lowest BCUT2D eigenvalue weighted by Gasteiger charge is -2.04. The Morgan fingerprint density at radius 2 is 1.83 bits per heavy atom. The van der Waals surface area contributed by atoms with Crippen LogP contribution in [0.25, 0.3) is 16.9 Å². The molecule has 0 aliphatic rings. The number of carbonyl (C=O) groups is 1. The Bertz CT molecular complexity index is 824. The number of hydrogen-bond acceptors (Lipinski definition) is 3. The number of ether oxygens (including phenoxy) is 1. The number of methoxy groups -OCH3 is 1. The highest BCUT2D eigenvalue weighted by Crippen LogP contribution is 2.25. The Hall–Kier alpha value is -3.08. The molecule has 3 aromatic rings. The Balaban J connectivity index is 2.08. The van der Waals surface area contributed by atoms with Crippen LogP contribution in [0.5, 0.6) is 5.75 Å². The molecule has 0 unspecified atom stereocenters. The third-order valence-electron chi connectivity index (χ3n) is 3.68. The van der Waals surface area contributed by atoms with Gasteiger partial charge in [-0.2, -0.15) is 5.10 Å². The van der Waals surface area contributed by atoms with E-state index >= 15 is 0 Å². The number of benzene rings is 2. The van der Waals surface area contributed by atoms with Crippen LogP contribution in [0.3, 0.4) is 0 Å². The van der Waals surface area contributed by atoms with Crippen molar-refractivity contribution >= 4 is 5.91 Å². The van der Waals surface area contributed by atoms with E-state index in [0.29, 0.717) is 17.8 Å². The summed E-state index contributed by atoms with van der Waals surface area (Å²) in [5.74, 6) is 0.631. The van der Waals surface area contributed by atoms with E-state index in [1.807, 2.05) is 61.5 Å². The van der Waals surface area contributed by atoms with E-state index in [1.165, 1.54) is 0 Å². The molecule has 2 aromatic carbocycles. The van der Waals surface area contributed by atoms with E-state index in [4.69, 9.17) is 4.74 Å². The maximum absolute atomic E-state index is 12.4. The molecule has 0 atom stereocenters. The molecule has 3 rings (SSSR count). The number of amides is 1. The van der Waals surface area contributed by atoms with Crippen LogP contribution in [-0.4, -0.2) is 29.3 Å². The lowest BCUT2D eigenvalue weighted by molar-refractivity contribution is 0.0956. The largest absolute Gasteiger partial charge is 0.497 e. The molecule has 1 N–H and O–H groups in total. The summed E-state index contributed by atoms with van der Waals surface area (Å²) < 4.78 is 6.92. The summed E-state index contributed by atoms with van der Waals surface area (Å²) >= 11 is 0. The Kier molecular flexibility index (Phi) is 4.61. The van der Waals surface area contributed by atoms with Crippen LogP contribution >= 0.6 is 0 Å². The van der Waals surface area contributed by atoms with Crippen molar-refractivity contribution in [3.63, 3.8) is 0 Å². The molecule has 0 radical (unpaired) electrons. The van der Waals surface area contributed by atoms with Crippen molar-refractivity contribution in [2.75, 3.05) is 13.7 Å². The summed E-state index contributed by atoms with van der Waals surface area (Å²) in [5, 5.41) is 7.47. The minimum absolute atomic E-state index is 0.134. The maximum Gasteiger partial charge on any atom is 0.255 e. The number of para-hydroxylation sites is 1. The Labute approximate surface area is 140 Å². The predicted octanol–water partition coefficient (Wildman–Crippen LogP) is 3.30. The second-order valence-electron chi connectivity index (χ2n) is 5.26. The standard InChI is InChI=1S/C19H19N3O2/c1-3-20-19(23)17-13-22(15-7-5-4-6-8-15)21-18(17)14-9-11-16(24-2)12-10-14/h4-13H,3H2,1-2H3,(H,20,23). The second kappa shape index (κ2) is 7.00. The van der Waals surface area contributed by atoms with Crippen LogP contribution in [-0.2, 0) is 0 Å². The molecule has 0 saturated carbocycles. The minimum atomic E-state index is -0.134. The van der Waals surface area contributed by atoms with Gasteiger partial charge in [-0.3, -0.25) is 4.79 Å². The lowest BCUT2D eigenvalue weighted by Crippen LogP contribution is -2.22. The van der Waals surface area contributed by atoms with Gasteiger partial charge >= 0.3 is 0 Å². The van der Waals surface area contributed by atoms with Gasteiger partial charge in [-0.25, -0.2) is 4.68 Å². The predicted molar refractivity (Wildman–Crippen MR) is 93.6 cm³/mol. The molecule has 5 nitrogen and oxygen atoms in total. The summed E-state index contributed by atoms with van der Waals surface area (Å²) in [4.78, 5) is 12.4. The van der Waals surface area contributed by atoms with Gasteiger partial charge in [-0.15, -0.1) is 0 Å². The fraction of sp³-hybridized carbons (Fsp3) is 0.158. The first-order valence-electron chi connectivity index (χ1n) is 7.80. The highest BCUT2D eigenvalue weighted by atomic mass is 16.5. The van der Waals surface area contributed by atoms with Gasteiger partial charge < -0.3 is 10.1 Å². The van der Waals surface area contributed by atoms with Crippen LogP contribution in [0.15, 0.2) is 60.8 Å². The highest BCUT2D eigenvalue weighted by Gasteiger charge is 2.18. The zero-order chi connectivity index (χ0) is 16.9. The average molecular weight is 321 g/mol. The summed E-state index contributed by atoms with van der Waals surface area (Å²) in [6.45, 7) is 2.46. The third kappa shape index (κ3) is 3.15. The van der Waals surface area contributed by atoms with Crippen LogP contribution < -0.4 is 10.1 Å². The van der Waals surface area contributed by atoms with E-state index in [2.05, 4.69) is 10.4 Å². The van der Waals surface area contributed by atoms with Gasteiger partial charge in [0, 0.05) is 18.3 Å². The number of nitrogens with zero attached hydrogens (tertiary/aromatic N) is 2. The first kappa shape index (κ1) is 15.8. The van der Waals surface area contributed by atoms with Crippen molar-refractivity contribution in [1.82, 2.24) is 15.1 Å². The average Bonchev–Trinajstić information content (AvgIpc) is 3.08. The van der Waals surface area contributed by atoms with Gasteiger partial charge in [-0.05, 0) is 43.3 Å². The molecule has 122 valence electrons. The van der Waals surface area contributed by atoms with E-state index in [0.717, 1.165) is 17.0 Å². The first-order valence-corrected chi connectivity index (χ1v) is 7.80. The fourth-order valence-corrected chi connectivity index (χ4v) is 2.47. The normalized spacial score (nSPS) is 10.4. The van der Waals surface area contributed by atoms with Gasteiger partial charge in [0.2, 0.25) is 0 Å². The molecule has 0 aliphatic heterocycles. The van der Waals surface area contributed by atoms with Gasteiger partial charge in [-0.1, -0.05) is 18.2 Å². The molecule has 0 spiro atoms. The minimum Gasteiger partial charge on any atom is -0.497 e. The van der Waals surface area contributed by atoms with Gasteiger partial charge in [0.1, 0.15) is 11.4 Å². The molecule has 1 aromatic heterocycles. The number of rotatable bonds is 5. The topological polar surface area (TPSA) is 56.2 Å². The van der Waals surface area contributed by atoms with Gasteiger partial charge in [0.15, 0.2) is 0 Å². The molecule has 0 saturated heterocycles. The van der Waals surface area contributed by atoms with E-state index in [9.17, 15) is 4.79 Å². The fourth-order valence-electron chi connectivity index (χ4n) is 2.47. The van der Waals surface area contributed by atoms with Crippen molar-refractivity contribution in [2.45, 2.75) is 6.92 Å². The lowest BCUT2D eigenvalue weighted by atomic mass is 10.1.